The van der Waals surface area contributed by atoms with Crippen molar-refractivity contribution in [2.75, 3.05) is 11.0 Å². The first-order valence-corrected chi connectivity index (χ1v) is 21.6. The Labute approximate surface area is 328 Å². The van der Waals surface area contributed by atoms with Crippen molar-refractivity contribution in [2.24, 2.45) is 7.05 Å². The first-order valence-electron chi connectivity index (χ1n) is 17.6. The molecule has 11 nitrogen and oxygen atoms in total. The number of rotatable bonds is 11. The van der Waals surface area contributed by atoms with E-state index in [1.54, 1.807) is 60.7 Å². The molecule has 1 amide bonds. The maximum absolute atomic E-state index is 14.6. The SMILES string of the molecule is C=S(C)(=O)Nc1nn(C)c2c(-c3ccc(C#CC(C)(C)S(=O)(=O)C4CC4)nc3[C@H](Cc3cc(F)cc(F)c3)NC(=O)Cn3ncc4ccccc43)ccc(Cl)c12. The maximum atomic E-state index is 14.6. The Hall–Kier alpha value is -5.30. The average molecular weight is 818 g/mol. The molecule has 6 aromatic rings. The topological polar surface area (TPSA) is 141 Å². The lowest BCUT2D eigenvalue weighted by Crippen LogP contribution is -2.34. The number of amides is 1. The predicted molar refractivity (Wildman–Crippen MR) is 217 cm³/mol. The summed E-state index contributed by atoms with van der Waals surface area (Å²) in [5, 5.41) is 13.1. The fraction of sp³-hybridized carbons (Fsp3) is 0.275. The van der Waals surface area contributed by atoms with Crippen molar-refractivity contribution in [3.63, 3.8) is 0 Å². The zero-order chi connectivity index (χ0) is 40.2. The number of pyridine rings is 1. The summed E-state index contributed by atoms with van der Waals surface area (Å²) in [6.07, 6.45) is 4.15. The third-order valence-corrected chi connectivity index (χ3v) is 13.3. The van der Waals surface area contributed by atoms with Crippen LogP contribution in [-0.2, 0) is 44.4 Å². The Balaban J connectivity index is 1.41. The molecule has 0 spiro atoms. The van der Waals surface area contributed by atoms with Gasteiger partial charge in [0, 0.05) is 45.6 Å². The highest BCUT2D eigenvalue weighted by Crippen LogP contribution is 2.40. The van der Waals surface area contributed by atoms with Crippen molar-refractivity contribution in [3.8, 4) is 23.0 Å². The van der Waals surface area contributed by atoms with E-state index >= 15 is 0 Å². The van der Waals surface area contributed by atoms with Crippen LogP contribution in [0.3, 0.4) is 0 Å². The highest BCUT2D eigenvalue weighted by molar-refractivity contribution is 8.00. The molecule has 0 radical (unpaired) electrons. The van der Waals surface area contributed by atoms with Gasteiger partial charge in [-0.2, -0.15) is 10.2 Å². The van der Waals surface area contributed by atoms with Crippen molar-refractivity contribution in [1.82, 2.24) is 29.9 Å². The molecule has 1 aliphatic rings. The van der Waals surface area contributed by atoms with Crippen LogP contribution in [0.25, 0.3) is 32.9 Å². The van der Waals surface area contributed by atoms with E-state index in [0.717, 1.165) is 17.0 Å². The molecule has 0 aliphatic heterocycles. The molecule has 3 heterocycles. The summed E-state index contributed by atoms with van der Waals surface area (Å²) in [5.41, 5.74) is 2.99. The van der Waals surface area contributed by atoms with Gasteiger partial charge in [-0.25, -0.2) is 26.4 Å². The first kappa shape index (κ1) is 39.0. The quantitative estimate of drug-likeness (QED) is 0.114. The number of aryl methyl sites for hydroxylation is 1. The molecule has 0 saturated heterocycles. The van der Waals surface area contributed by atoms with Crippen molar-refractivity contribution in [2.45, 2.75) is 55.7 Å². The zero-order valence-corrected chi connectivity index (χ0v) is 33.3. The van der Waals surface area contributed by atoms with E-state index in [-0.39, 0.29) is 35.7 Å². The first-order chi connectivity index (χ1) is 26.4. The molecule has 7 rings (SSSR count). The summed E-state index contributed by atoms with van der Waals surface area (Å²) in [5.74, 6) is 7.72. The molecular weight excluding hydrogens is 780 g/mol. The van der Waals surface area contributed by atoms with Gasteiger partial charge in [0.15, 0.2) is 15.7 Å². The smallest absolute Gasteiger partial charge is 0.242 e. The summed E-state index contributed by atoms with van der Waals surface area (Å²) in [6.45, 7) is 2.93. The number of anilines is 1. The Morgan fingerprint density at radius 3 is 2.45 bits per heavy atom. The van der Waals surface area contributed by atoms with E-state index in [2.05, 4.69) is 37.9 Å². The van der Waals surface area contributed by atoms with E-state index in [1.807, 2.05) is 24.3 Å². The Bertz CT molecular complexity index is 2820. The van der Waals surface area contributed by atoms with Gasteiger partial charge in [0.1, 0.15) is 28.6 Å². The van der Waals surface area contributed by atoms with Crippen molar-refractivity contribution in [1.29, 1.82) is 0 Å². The molecule has 1 saturated carbocycles. The Morgan fingerprint density at radius 1 is 1.05 bits per heavy atom. The van der Waals surface area contributed by atoms with Crippen LogP contribution in [0.2, 0.25) is 5.02 Å². The molecule has 56 heavy (non-hydrogen) atoms. The number of nitrogens with zero attached hydrogens (tertiary/aromatic N) is 5. The summed E-state index contributed by atoms with van der Waals surface area (Å²) >= 11 is 6.73. The molecule has 2 N–H and O–H groups in total. The minimum atomic E-state index is -3.55. The summed E-state index contributed by atoms with van der Waals surface area (Å²) in [6, 6.07) is 16.3. The molecule has 0 bridgehead atoms. The number of nitrogens with one attached hydrogen (secondary N) is 2. The normalized spacial score (nSPS) is 14.9. The van der Waals surface area contributed by atoms with Crippen LogP contribution in [-0.4, -0.2) is 65.2 Å². The van der Waals surface area contributed by atoms with Gasteiger partial charge >= 0.3 is 0 Å². The van der Waals surface area contributed by atoms with Crippen LogP contribution in [0, 0.1) is 23.5 Å². The summed E-state index contributed by atoms with van der Waals surface area (Å²) in [7, 11) is -4.64. The maximum Gasteiger partial charge on any atom is 0.242 e. The molecule has 1 unspecified atom stereocenters. The number of carbonyl (C=O) groups excluding carboxylic acids is 1. The largest absolute Gasteiger partial charge is 0.346 e. The minimum Gasteiger partial charge on any atom is -0.346 e. The average Bonchev–Trinajstić information content (AvgIpc) is 3.84. The van der Waals surface area contributed by atoms with E-state index in [0.29, 0.717) is 39.9 Å². The number of carbonyl (C=O) groups is 1. The minimum absolute atomic E-state index is 0.104. The van der Waals surface area contributed by atoms with Crippen molar-refractivity contribution >= 4 is 70.5 Å². The van der Waals surface area contributed by atoms with Gasteiger partial charge in [-0.15, -0.1) is 0 Å². The predicted octanol–water partition coefficient (Wildman–Crippen LogP) is 6.40. The van der Waals surface area contributed by atoms with E-state index in [1.165, 1.54) is 18.4 Å². The van der Waals surface area contributed by atoms with Crippen LogP contribution in [0.15, 0.2) is 72.9 Å². The molecule has 1 fully saturated rings. The lowest BCUT2D eigenvalue weighted by Gasteiger charge is -2.23. The molecular formula is C40H38ClF2N7O4S2. The number of hydrogen-bond donors (Lipinski definition) is 2. The van der Waals surface area contributed by atoms with Crippen molar-refractivity contribution < 1.29 is 26.2 Å². The van der Waals surface area contributed by atoms with Gasteiger partial charge in [-0.05, 0) is 86.9 Å². The lowest BCUT2D eigenvalue weighted by molar-refractivity contribution is -0.122. The van der Waals surface area contributed by atoms with Crippen LogP contribution >= 0.6 is 11.6 Å². The summed E-state index contributed by atoms with van der Waals surface area (Å²) < 4.78 is 73.0. The van der Waals surface area contributed by atoms with Crippen LogP contribution in [0.4, 0.5) is 14.6 Å². The van der Waals surface area contributed by atoms with E-state index in [4.69, 9.17) is 16.6 Å². The zero-order valence-electron chi connectivity index (χ0n) is 30.9. The number of benzene rings is 3. The fourth-order valence-electron chi connectivity index (χ4n) is 6.70. The number of hydrogen-bond acceptors (Lipinski definition) is 7. The van der Waals surface area contributed by atoms with Crippen molar-refractivity contribution in [3.05, 3.63) is 107 Å². The second-order valence-electron chi connectivity index (χ2n) is 14.5. The summed E-state index contributed by atoms with van der Waals surface area (Å²) in [4.78, 5) is 18.9. The molecule has 3 aromatic heterocycles. The van der Waals surface area contributed by atoms with Crippen LogP contribution < -0.4 is 10.0 Å². The fourth-order valence-corrected chi connectivity index (χ4v) is 9.28. The molecule has 16 heteroatoms. The monoisotopic (exact) mass is 817 g/mol. The number of fused-ring (bicyclic) bond motifs is 2. The third kappa shape index (κ3) is 8.00. The number of para-hydroxylation sites is 1. The second-order valence-corrected chi connectivity index (χ2v) is 19.9. The van der Waals surface area contributed by atoms with Crippen LogP contribution in [0.5, 0.6) is 0 Å². The van der Waals surface area contributed by atoms with Gasteiger partial charge < -0.3 is 5.32 Å². The highest BCUT2D eigenvalue weighted by Gasteiger charge is 2.45. The standard InChI is InChI=1S/C40H38ClF2N7O4S2/c1-40(2,56(53,54)29-11-12-29)17-16-28-10-13-30(31-14-15-32(41)36-38(31)49(3)47-39(36)48-55(4,5)52)37(45-28)33(20-24-18-26(42)21-27(43)19-24)46-35(51)23-50-34-9-7-6-8-25(34)22-44-50/h6-10,13-15,18-19,21-22,29,33H,4,11-12,20,23H2,1-3,5H3,(H,46,51)(H,47,48,52)/t33-,55?/m0/s1. The van der Waals surface area contributed by atoms with E-state index < -0.39 is 53.1 Å². The number of aromatic nitrogens is 5. The molecule has 1 aliphatic carbocycles. The van der Waals surface area contributed by atoms with E-state index in [9.17, 15) is 26.2 Å². The number of sulfone groups is 1. The van der Waals surface area contributed by atoms with Gasteiger partial charge in [0.25, 0.3) is 0 Å². The van der Waals surface area contributed by atoms with Gasteiger partial charge in [-0.1, -0.05) is 41.8 Å². The molecule has 3 aromatic carbocycles. The number of halogens is 3. The molecule has 290 valence electrons. The Kier molecular flexibility index (Phi) is 10.2. The van der Waals surface area contributed by atoms with Gasteiger partial charge in [0.2, 0.25) is 5.91 Å². The second kappa shape index (κ2) is 14.6. The van der Waals surface area contributed by atoms with Crippen LogP contribution in [0.1, 0.15) is 49.7 Å². The third-order valence-electron chi connectivity index (χ3n) is 9.50. The highest BCUT2D eigenvalue weighted by atomic mass is 35.5. The van der Waals surface area contributed by atoms with Gasteiger partial charge in [-0.3, -0.25) is 18.9 Å². The van der Waals surface area contributed by atoms with Gasteiger partial charge in [0.05, 0.1) is 44.6 Å². The lowest BCUT2D eigenvalue weighted by atomic mass is 9.93. The molecule has 2 atom stereocenters. The Morgan fingerprint density at radius 2 is 1.75 bits per heavy atom.